The van der Waals surface area contributed by atoms with E-state index in [0.29, 0.717) is 39.6 Å². The summed E-state index contributed by atoms with van der Waals surface area (Å²) in [5.41, 5.74) is 7.21. The fourth-order valence-corrected chi connectivity index (χ4v) is 6.83. The van der Waals surface area contributed by atoms with Crippen molar-refractivity contribution in [3.63, 3.8) is 0 Å². The second kappa shape index (κ2) is 13.3. The molecule has 1 aromatic heterocycles. The van der Waals surface area contributed by atoms with E-state index in [0.717, 1.165) is 65.0 Å². The summed E-state index contributed by atoms with van der Waals surface area (Å²) in [6.07, 6.45) is 2.10. The first-order valence-corrected chi connectivity index (χ1v) is 15.8. The van der Waals surface area contributed by atoms with Crippen LogP contribution in [0.3, 0.4) is 0 Å². The SMILES string of the molecule is COc1cc(OC2CCc3c(-c4cccc(NC(=O)c5nc6c(n5C)CCN(C)C6)c4Cl)cccc32)c(Cl)cc1CNCC(=O)O. The van der Waals surface area contributed by atoms with E-state index in [1.807, 2.05) is 49.0 Å². The maximum atomic E-state index is 13.4. The van der Waals surface area contributed by atoms with Gasteiger partial charge < -0.3 is 34.7 Å². The average molecular weight is 665 g/mol. The number of ether oxygens (including phenoxy) is 2. The molecule has 2 aliphatic rings. The Hall–Kier alpha value is -4.09. The summed E-state index contributed by atoms with van der Waals surface area (Å²) in [6, 6.07) is 15.2. The molecular formula is C34H35Cl2N5O5. The van der Waals surface area contributed by atoms with Crippen LogP contribution in [0.15, 0.2) is 48.5 Å². The number of aromatic nitrogens is 2. The summed E-state index contributed by atoms with van der Waals surface area (Å²) < 4.78 is 13.9. The Balaban J connectivity index is 1.23. The summed E-state index contributed by atoms with van der Waals surface area (Å²) in [5.74, 6) is 0.142. The van der Waals surface area contributed by atoms with Crippen molar-refractivity contribution in [1.29, 1.82) is 0 Å². The minimum Gasteiger partial charge on any atom is -0.496 e. The maximum Gasteiger partial charge on any atom is 0.317 e. The molecule has 0 spiro atoms. The maximum absolute atomic E-state index is 13.4. The van der Waals surface area contributed by atoms with Crippen LogP contribution in [0.4, 0.5) is 5.69 Å². The molecule has 0 bridgehead atoms. The molecule has 0 saturated carbocycles. The van der Waals surface area contributed by atoms with Gasteiger partial charge in [0.15, 0.2) is 5.82 Å². The normalized spacial score (nSPS) is 15.7. The Kier molecular flexibility index (Phi) is 9.24. The molecule has 10 nitrogen and oxygen atoms in total. The molecule has 2 heterocycles. The molecule has 3 N–H and O–H groups in total. The van der Waals surface area contributed by atoms with E-state index in [-0.39, 0.29) is 25.1 Å². The second-order valence-corrected chi connectivity index (χ2v) is 12.4. The Morgan fingerprint density at radius 3 is 2.63 bits per heavy atom. The highest BCUT2D eigenvalue weighted by Crippen LogP contribution is 2.44. The number of anilines is 1. The van der Waals surface area contributed by atoms with Gasteiger partial charge in [0.1, 0.15) is 17.6 Å². The van der Waals surface area contributed by atoms with E-state index in [9.17, 15) is 9.59 Å². The number of nitrogens with one attached hydrogen (secondary N) is 2. The number of aliphatic carboxylic acids is 1. The van der Waals surface area contributed by atoms with Crippen molar-refractivity contribution in [2.45, 2.75) is 38.5 Å². The molecule has 240 valence electrons. The molecule has 4 aromatic rings. The molecule has 46 heavy (non-hydrogen) atoms. The van der Waals surface area contributed by atoms with Crippen LogP contribution in [0.25, 0.3) is 11.1 Å². The smallest absolute Gasteiger partial charge is 0.317 e. The van der Waals surface area contributed by atoms with E-state index in [1.165, 1.54) is 0 Å². The van der Waals surface area contributed by atoms with Crippen molar-refractivity contribution in [3.05, 3.63) is 92.5 Å². The number of rotatable bonds is 10. The molecule has 1 unspecified atom stereocenters. The predicted molar refractivity (Wildman–Crippen MR) is 177 cm³/mol. The molecule has 0 radical (unpaired) electrons. The number of hydrogen-bond donors (Lipinski definition) is 3. The van der Waals surface area contributed by atoms with Gasteiger partial charge in [0.05, 0.1) is 35.1 Å². The quantitative estimate of drug-likeness (QED) is 0.192. The van der Waals surface area contributed by atoms with Crippen molar-refractivity contribution in [2.75, 3.05) is 32.6 Å². The summed E-state index contributed by atoms with van der Waals surface area (Å²) in [4.78, 5) is 31.1. The molecule has 1 aliphatic heterocycles. The molecular weight excluding hydrogens is 629 g/mol. The van der Waals surface area contributed by atoms with E-state index in [2.05, 4.69) is 20.5 Å². The lowest BCUT2D eigenvalue weighted by Crippen LogP contribution is -2.27. The van der Waals surface area contributed by atoms with Crippen molar-refractivity contribution in [3.8, 4) is 22.6 Å². The zero-order chi connectivity index (χ0) is 32.5. The average Bonchev–Trinajstić information content (AvgIpc) is 3.59. The third kappa shape index (κ3) is 6.30. The summed E-state index contributed by atoms with van der Waals surface area (Å²) in [6.45, 7) is 1.75. The highest BCUT2D eigenvalue weighted by atomic mass is 35.5. The number of carboxylic acid groups (broad SMARTS) is 1. The number of carboxylic acids is 1. The van der Waals surface area contributed by atoms with Crippen LogP contribution in [0.1, 0.15) is 51.2 Å². The molecule has 6 rings (SSSR count). The van der Waals surface area contributed by atoms with Crippen LogP contribution in [-0.4, -0.2) is 58.7 Å². The first-order chi connectivity index (χ1) is 22.1. The van der Waals surface area contributed by atoms with Gasteiger partial charge in [-0.2, -0.15) is 0 Å². The Morgan fingerprint density at radius 2 is 1.85 bits per heavy atom. The topological polar surface area (TPSA) is 118 Å². The lowest BCUT2D eigenvalue weighted by molar-refractivity contribution is -0.136. The molecule has 1 aliphatic carbocycles. The number of nitrogens with zero attached hydrogens (tertiary/aromatic N) is 3. The number of carbonyl (C=O) groups excluding carboxylic acids is 1. The lowest BCUT2D eigenvalue weighted by atomic mass is 9.96. The minimum absolute atomic E-state index is 0.177. The third-order valence-electron chi connectivity index (χ3n) is 8.60. The number of benzene rings is 3. The molecule has 0 saturated heterocycles. The first-order valence-electron chi connectivity index (χ1n) is 15.0. The van der Waals surface area contributed by atoms with Gasteiger partial charge in [-0.1, -0.05) is 53.5 Å². The molecule has 12 heteroatoms. The van der Waals surface area contributed by atoms with Crippen molar-refractivity contribution in [1.82, 2.24) is 19.8 Å². The summed E-state index contributed by atoms with van der Waals surface area (Å²) in [7, 11) is 5.48. The molecule has 1 amide bonds. The fourth-order valence-electron chi connectivity index (χ4n) is 6.32. The number of carbonyl (C=O) groups is 2. The van der Waals surface area contributed by atoms with E-state index in [1.54, 1.807) is 25.3 Å². The molecule has 0 fully saturated rings. The van der Waals surface area contributed by atoms with Crippen LogP contribution in [-0.2, 0) is 37.8 Å². The molecule has 1 atom stereocenters. The zero-order valence-corrected chi connectivity index (χ0v) is 27.3. The summed E-state index contributed by atoms with van der Waals surface area (Å²) in [5, 5.41) is 15.6. The van der Waals surface area contributed by atoms with Gasteiger partial charge in [0.2, 0.25) is 0 Å². The van der Waals surface area contributed by atoms with Crippen LogP contribution in [0.5, 0.6) is 11.5 Å². The summed E-state index contributed by atoms with van der Waals surface area (Å²) >= 11 is 13.6. The van der Waals surface area contributed by atoms with Gasteiger partial charge in [0.25, 0.3) is 5.91 Å². The molecule has 3 aromatic carbocycles. The number of halogens is 2. The minimum atomic E-state index is -0.946. The monoisotopic (exact) mass is 663 g/mol. The lowest BCUT2D eigenvalue weighted by Gasteiger charge is -2.21. The zero-order valence-electron chi connectivity index (χ0n) is 25.8. The first kappa shape index (κ1) is 31.9. The van der Waals surface area contributed by atoms with E-state index in [4.69, 9.17) is 37.8 Å². The largest absolute Gasteiger partial charge is 0.496 e. The van der Waals surface area contributed by atoms with Crippen LogP contribution < -0.4 is 20.1 Å². The Labute approximate surface area is 277 Å². The van der Waals surface area contributed by atoms with Crippen molar-refractivity contribution >= 4 is 40.8 Å². The highest BCUT2D eigenvalue weighted by Gasteiger charge is 2.29. The number of amides is 1. The van der Waals surface area contributed by atoms with E-state index < -0.39 is 5.97 Å². The Bertz CT molecular complexity index is 1820. The number of likely N-dealkylation sites (N-methyl/N-ethyl adjacent to an activating group) is 1. The van der Waals surface area contributed by atoms with Crippen LogP contribution in [0, 0.1) is 0 Å². The fraction of sp³-hybridized carbons (Fsp3) is 0.324. The third-order valence-corrected chi connectivity index (χ3v) is 9.30. The van der Waals surface area contributed by atoms with Crippen LogP contribution >= 0.6 is 23.2 Å². The Morgan fingerprint density at radius 1 is 1.07 bits per heavy atom. The van der Waals surface area contributed by atoms with Crippen molar-refractivity contribution in [2.24, 2.45) is 7.05 Å². The van der Waals surface area contributed by atoms with Gasteiger partial charge in [-0.3, -0.25) is 9.59 Å². The second-order valence-electron chi connectivity index (χ2n) is 11.6. The van der Waals surface area contributed by atoms with E-state index >= 15 is 0 Å². The highest BCUT2D eigenvalue weighted by molar-refractivity contribution is 6.36. The number of fused-ring (bicyclic) bond motifs is 2. The number of methoxy groups -OCH3 is 1. The predicted octanol–water partition coefficient (Wildman–Crippen LogP) is 5.88. The van der Waals surface area contributed by atoms with Crippen molar-refractivity contribution < 1.29 is 24.2 Å². The van der Waals surface area contributed by atoms with Gasteiger partial charge in [-0.25, -0.2) is 4.98 Å². The number of hydrogen-bond acceptors (Lipinski definition) is 7. The van der Waals surface area contributed by atoms with Gasteiger partial charge in [-0.05, 0) is 48.7 Å². The van der Waals surface area contributed by atoms with Gasteiger partial charge in [0, 0.05) is 56.0 Å². The van der Waals surface area contributed by atoms with Gasteiger partial charge >= 0.3 is 5.97 Å². The van der Waals surface area contributed by atoms with Gasteiger partial charge in [-0.15, -0.1) is 0 Å². The number of imidazole rings is 1. The standard InChI is InChI=1S/C34H35Cl2N5O5/c1-40-13-12-27-26(18-40)38-33(41(27)2)34(44)39-25-9-5-8-23(32(25)36)20-6-4-7-22-21(20)10-11-28(22)46-30-15-29(45-3)19(14-24(30)35)16-37-17-31(42)43/h4-9,14-15,28,37H,10-13,16-18H2,1-3H3,(H,39,44)(H,42,43). The van der Waals surface area contributed by atoms with Crippen LogP contribution in [0.2, 0.25) is 10.0 Å².